The summed E-state index contributed by atoms with van der Waals surface area (Å²) in [4.78, 5) is 10.2. The Morgan fingerprint density at radius 1 is 1.26 bits per heavy atom. The van der Waals surface area contributed by atoms with Gasteiger partial charge in [0.2, 0.25) is 0 Å². The van der Waals surface area contributed by atoms with Gasteiger partial charge in [0.1, 0.15) is 0 Å². The lowest BCUT2D eigenvalue weighted by Gasteiger charge is -2.17. The number of aryl methyl sites for hydroxylation is 3. The van der Waals surface area contributed by atoms with Gasteiger partial charge >= 0.3 is 0 Å². The van der Waals surface area contributed by atoms with E-state index in [0.29, 0.717) is 6.04 Å². The van der Waals surface area contributed by atoms with Crippen LogP contribution < -0.4 is 5.32 Å². The number of thiazole rings is 1. The highest BCUT2D eigenvalue weighted by Crippen LogP contribution is 2.23. The first-order valence-electron chi connectivity index (χ1n) is 6.68. The van der Waals surface area contributed by atoms with Crippen LogP contribution >= 0.6 is 11.3 Å². The van der Waals surface area contributed by atoms with Crippen molar-refractivity contribution in [2.45, 2.75) is 40.2 Å². The first-order valence-corrected chi connectivity index (χ1v) is 7.49. The van der Waals surface area contributed by atoms with E-state index in [1.54, 1.807) is 11.3 Å². The lowest BCUT2D eigenvalue weighted by molar-refractivity contribution is 0.546. The zero-order valence-corrected chi connectivity index (χ0v) is 12.8. The Morgan fingerprint density at radius 2 is 2.05 bits per heavy atom. The predicted octanol–water partition coefficient (Wildman–Crippen LogP) is 3.36. The van der Waals surface area contributed by atoms with Crippen LogP contribution in [0.15, 0.2) is 18.5 Å². The highest BCUT2D eigenvalue weighted by atomic mass is 32.1. The lowest BCUT2D eigenvalue weighted by Crippen LogP contribution is -2.23. The summed E-state index contributed by atoms with van der Waals surface area (Å²) in [5.74, 6) is 0. The maximum Gasteiger partial charge on any atom is 0.0949 e. The minimum atomic E-state index is 0.294. The van der Waals surface area contributed by atoms with Gasteiger partial charge in [-0.2, -0.15) is 0 Å². The third-order valence-electron chi connectivity index (χ3n) is 3.20. The molecule has 3 nitrogen and oxygen atoms in total. The molecule has 0 radical (unpaired) electrons. The van der Waals surface area contributed by atoms with Crippen molar-refractivity contribution in [2.75, 3.05) is 6.54 Å². The van der Waals surface area contributed by atoms with Crippen LogP contribution in [0.5, 0.6) is 0 Å². The molecule has 0 bridgehead atoms. The number of nitrogens with one attached hydrogen (secondary N) is 1. The standard InChI is InChI=1S/C15H21N3S/c1-5-17-14(13-6-10(2)8-16-9-13)7-15-18-11(3)12(4)19-15/h6,8-9,14,17H,5,7H2,1-4H3. The van der Waals surface area contributed by atoms with Gasteiger partial charge in [0.05, 0.1) is 10.7 Å². The van der Waals surface area contributed by atoms with Crippen LogP contribution in [-0.4, -0.2) is 16.5 Å². The number of pyridine rings is 1. The summed E-state index contributed by atoms with van der Waals surface area (Å²) in [6, 6.07) is 2.50. The fourth-order valence-electron chi connectivity index (χ4n) is 2.12. The molecule has 1 atom stereocenters. The van der Waals surface area contributed by atoms with E-state index in [2.05, 4.69) is 49.0 Å². The van der Waals surface area contributed by atoms with Crippen molar-refractivity contribution in [3.05, 3.63) is 45.2 Å². The minimum Gasteiger partial charge on any atom is -0.310 e. The normalized spacial score (nSPS) is 12.6. The van der Waals surface area contributed by atoms with Gasteiger partial charge in [0.25, 0.3) is 0 Å². The minimum absolute atomic E-state index is 0.294. The van der Waals surface area contributed by atoms with Gasteiger partial charge in [-0.05, 0) is 38.4 Å². The molecule has 0 spiro atoms. The Hall–Kier alpha value is -1.26. The molecule has 1 N–H and O–H groups in total. The molecule has 0 saturated carbocycles. The van der Waals surface area contributed by atoms with Crippen molar-refractivity contribution in [3.8, 4) is 0 Å². The third kappa shape index (κ3) is 3.61. The molecule has 4 heteroatoms. The smallest absolute Gasteiger partial charge is 0.0949 e. The zero-order chi connectivity index (χ0) is 13.8. The molecule has 102 valence electrons. The van der Waals surface area contributed by atoms with Crippen molar-refractivity contribution in [1.82, 2.24) is 15.3 Å². The molecule has 0 fully saturated rings. The molecule has 19 heavy (non-hydrogen) atoms. The van der Waals surface area contributed by atoms with Crippen LogP contribution in [-0.2, 0) is 6.42 Å². The molecule has 0 saturated heterocycles. The summed E-state index contributed by atoms with van der Waals surface area (Å²) in [6.07, 6.45) is 4.77. The molecule has 2 aromatic heterocycles. The van der Waals surface area contributed by atoms with Crippen LogP contribution in [0.25, 0.3) is 0 Å². The van der Waals surface area contributed by atoms with E-state index in [4.69, 9.17) is 0 Å². The molecule has 0 aromatic carbocycles. The highest BCUT2D eigenvalue weighted by Gasteiger charge is 2.14. The van der Waals surface area contributed by atoms with Crippen LogP contribution in [0.3, 0.4) is 0 Å². The second-order valence-electron chi connectivity index (χ2n) is 4.86. The van der Waals surface area contributed by atoms with E-state index < -0.39 is 0 Å². The Kier molecular flexibility index (Phi) is 4.66. The Balaban J connectivity index is 2.20. The first-order chi connectivity index (χ1) is 9.10. The van der Waals surface area contributed by atoms with Crippen LogP contribution in [0, 0.1) is 20.8 Å². The zero-order valence-electron chi connectivity index (χ0n) is 12.0. The molecule has 1 unspecified atom stereocenters. The maximum absolute atomic E-state index is 4.64. The van der Waals surface area contributed by atoms with Gasteiger partial charge in [-0.3, -0.25) is 4.98 Å². The number of rotatable bonds is 5. The van der Waals surface area contributed by atoms with E-state index in [0.717, 1.165) is 18.7 Å². The molecule has 0 aliphatic rings. The van der Waals surface area contributed by atoms with E-state index in [1.807, 2.05) is 12.4 Å². The van der Waals surface area contributed by atoms with Gasteiger partial charge in [-0.15, -0.1) is 11.3 Å². The van der Waals surface area contributed by atoms with Crippen molar-refractivity contribution < 1.29 is 0 Å². The lowest BCUT2D eigenvalue weighted by atomic mass is 10.0. The maximum atomic E-state index is 4.64. The number of aromatic nitrogens is 2. The predicted molar refractivity (Wildman–Crippen MR) is 80.7 cm³/mol. The third-order valence-corrected chi connectivity index (χ3v) is 4.30. The van der Waals surface area contributed by atoms with Gasteiger partial charge in [0.15, 0.2) is 0 Å². The molecule has 0 amide bonds. The Labute approximate surface area is 119 Å². The summed E-state index contributed by atoms with van der Waals surface area (Å²) >= 11 is 1.80. The van der Waals surface area contributed by atoms with Gasteiger partial charge < -0.3 is 5.32 Å². The van der Waals surface area contributed by atoms with Gasteiger partial charge in [-0.1, -0.05) is 13.0 Å². The molecular formula is C15H21N3S. The Bertz CT molecular complexity index is 529. The van der Waals surface area contributed by atoms with Crippen LogP contribution in [0.1, 0.15) is 39.7 Å². The number of hydrogen-bond donors (Lipinski definition) is 1. The SMILES string of the molecule is CCNC(Cc1nc(C)c(C)s1)c1cncc(C)c1. The van der Waals surface area contributed by atoms with Gasteiger partial charge in [-0.25, -0.2) is 4.98 Å². The largest absolute Gasteiger partial charge is 0.310 e. The summed E-state index contributed by atoms with van der Waals surface area (Å²) in [5, 5.41) is 4.73. The monoisotopic (exact) mass is 275 g/mol. The van der Waals surface area contributed by atoms with Crippen molar-refractivity contribution >= 4 is 11.3 Å². The Morgan fingerprint density at radius 3 is 2.63 bits per heavy atom. The fourth-order valence-corrected chi connectivity index (χ4v) is 3.10. The van der Waals surface area contributed by atoms with Gasteiger partial charge in [0, 0.05) is 29.7 Å². The quantitative estimate of drug-likeness (QED) is 0.909. The van der Waals surface area contributed by atoms with Crippen molar-refractivity contribution in [3.63, 3.8) is 0 Å². The fraction of sp³-hybridized carbons (Fsp3) is 0.467. The topological polar surface area (TPSA) is 37.8 Å². The first kappa shape index (κ1) is 14.2. The van der Waals surface area contributed by atoms with Crippen LogP contribution in [0.2, 0.25) is 0 Å². The van der Waals surface area contributed by atoms with E-state index in [9.17, 15) is 0 Å². The number of nitrogens with zero attached hydrogens (tertiary/aromatic N) is 2. The van der Waals surface area contributed by atoms with E-state index in [1.165, 1.54) is 21.0 Å². The molecule has 0 aliphatic carbocycles. The summed E-state index contributed by atoms with van der Waals surface area (Å²) < 4.78 is 0. The van der Waals surface area contributed by atoms with Crippen molar-refractivity contribution in [1.29, 1.82) is 0 Å². The highest BCUT2D eigenvalue weighted by molar-refractivity contribution is 7.11. The number of hydrogen-bond acceptors (Lipinski definition) is 4. The molecule has 2 aromatic rings. The summed E-state index contributed by atoms with van der Waals surface area (Å²) in [6.45, 7) is 9.37. The molecule has 0 aliphatic heterocycles. The molecule has 2 heterocycles. The molecule has 2 rings (SSSR count). The van der Waals surface area contributed by atoms with Crippen molar-refractivity contribution in [2.24, 2.45) is 0 Å². The average Bonchev–Trinajstić information content (AvgIpc) is 2.68. The van der Waals surface area contributed by atoms with Crippen LogP contribution in [0.4, 0.5) is 0 Å². The second-order valence-corrected chi connectivity index (χ2v) is 6.15. The van der Waals surface area contributed by atoms with E-state index >= 15 is 0 Å². The summed E-state index contributed by atoms with van der Waals surface area (Å²) in [7, 11) is 0. The van der Waals surface area contributed by atoms with E-state index in [-0.39, 0.29) is 0 Å². The summed E-state index contributed by atoms with van der Waals surface area (Å²) in [5.41, 5.74) is 3.59. The number of likely N-dealkylation sites (N-methyl/N-ethyl adjacent to an activating group) is 1. The molecular weight excluding hydrogens is 254 g/mol. The average molecular weight is 275 g/mol. The second kappa shape index (κ2) is 6.26.